The molecule has 0 atom stereocenters. The Kier molecular flexibility index (Phi) is 6.32. The van der Waals surface area contributed by atoms with Crippen LogP contribution in [0.4, 0.5) is 18.9 Å². The molecule has 1 heterocycles. The highest BCUT2D eigenvalue weighted by atomic mass is 79.9. The van der Waals surface area contributed by atoms with E-state index >= 15 is 0 Å². The molecule has 1 fully saturated rings. The molecule has 0 aromatic heterocycles. The van der Waals surface area contributed by atoms with Crippen molar-refractivity contribution in [3.63, 3.8) is 0 Å². The van der Waals surface area contributed by atoms with Gasteiger partial charge in [-0.1, -0.05) is 30.0 Å². The number of halogens is 5. The number of rotatable bonds is 3. The van der Waals surface area contributed by atoms with Crippen LogP contribution in [0.2, 0.25) is 0 Å². The number of alkyl halides is 3. The second-order valence-electron chi connectivity index (χ2n) is 5.71. The maximum Gasteiger partial charge on any atom is 0.416 e. The number of aromatic hydroxyl groups is 1. The minimum Gasteiger partial charge on any atom is -0.506 e. The van der Waals surface area contributed by atoms with Crippen molar-refractivity contribution in [2.24, 2.45) is 0 Å². The summed E-state index contributed by atoms with van der Waals surface area (Å²) in [6, 6.07) is 5.92. The summed E-state index contributed by atoms with van der Waals surface area (Å²) in [5.74, 6) is -0.368. The summed E-state index contributed by atoms with van der Waals surface area (Å²) < 4.78 is 45.1. The molecule has 1 aliphatic heterocycles. The number of carbonyl (C=O) groups is 1. The van der Waals surface area contributed by atoms with Gasteiger partial charge in [-0.05, 0) is 62.2 Å². The average molecular weight is 569 g/mol. The molecule has 2 aromatic carbocycles. The predicted octanol–water partition coefficient (Wildman–Crippen LogP) is 6.35. The third-order valence-electron chi connectivity index (χ3n) is 3.90. The van der Waals surface area contributed by atoms with Gasteiger partial charge in [0.25, 0.3) is 5.91 Å². The molecule has 152 valence electrons. The van der Waals surface area contributed by atoms with E-state index in [4.69, 9.17) is 17.0 Å². The van der Waals surface area contributed by atoms with E-state index in [1.807, 2.05) is 0 Å². The Labute approximate surface area is 190 Å². The van der Waals surface area contributed by atoms with Crippen LogP contribution in [0.15, 0.2) is 44.2 Å². The molecule has 1 saturated heterocycles. The monoisotopic (exact) mass is 567 g/mol. The normalized spacial score (nSPS) is 16.1. The van der Waals surface area contributed by atoms with Crippen molar-refractivity contribution in [3.8, 4) is 11.5 Å². The largest absolute Gasteiger partial charge is 0.506 e. The van der Waals surface area contributed by atoms with Crippen LogP contribution >= 0.6 is 55.8 Å². The summed E-state index contributed by atoms with van der Waals surface area (Å²) in [4.78, 5) is 14.0. The molecule has 0 spiro atoms. The number of nitrogens with zero attached hydrogens (tertiary/aromatic N) is 1. The van der Waals surface area contributed by atoms with Gasteiger partial charge in [0.1, 0.15) is 10.2 Å². The van der Waals surface area contributed by atoms with E-state index in [0.717, 1.165) is 28.8 Å². The molecule has 1 N–H and O–H groups in total. The van der Waals surface area contributed by atoms with Crippen molar-refractivity contribution < 1.29 is 27.8 Å². The molecule has 4 nitrogen and oxygen atoms in total. The fraction of sp³-hybridized carbons (Fsp3) is 0.111. The lowest BCUT2D eigenvalue weighted by Crippen LogP contribution is -2.27. The molecule has 0 saturated carbocycles. The van der Waals surface area contributed by atoms with Gasteiger partial charge in [0.2, 0.25) is 0 Å². The number of methoxy groups -OCH3 is 1. The Hall–Kier alpha value is -1.56. The van der Waals surface area contributed by atoms with Gasteiger partial charge in [-0.25, -0.2) is 0 Å². The van der Waals surface area contributed by atoms with E-state index in [-0.39, 0.29) is 25.1 Å². The number of phenolic OH excluding ortho intramolecular Hbond substituents is 1. The number of thioether (sulfide) groups is 1. The Morgan fingerprint density at radius 3 is 2.59 bits per heavy atom. The Bertz CT molecular complexity index is 1060. The number of carbonyl (C=O) groups excluding carboxylic acids is 1. The van der Waals surface area contributed by atoms with Crippen LogP contribution in [0.3, 0.4) is 0 Å². The van der Waals surface area contributed by atoms with Crippen LogP contribution in [0, 0.1) is 0 Å². The first-order valence-corrected chi connectivity index (χ1v) is 10.6. The minimum absolute atomic E-state index is 0.0204. The molecule has 0 bridgehead atoms. The van der Waals surface area contributed by atoms with Gasteiger partial charge < -0.3 is 9.84 Å². The Morgan fingerprint density at radius 1 is 1.28 bits per heavy atom. The summed E-state index contributed by atoms with van der Waals surface area (Å²) in [6.45, 7) is 0. The summed E-state index contributed by atoms with van der Waals surface area (Å²) in [6.07, 6.45) is -3.13. The molecule has 1 amide bonds. The number of ether oxygens (including phenoxy) is 1. The third-order valence-corrected chi connectivity index (χ3v) is 6.52. The number of thiocarbonyl (C=S) groups is 1. The molecule has 0 unspecified atom stereocenters. The second-order valence-corrected chi connectivity index (χ2v) is 9.03. The predicted molar refractivity (Wildman–Crippen MR) is 117 cm³/mol. The van der Waals surface area contributed by atoms with E-state index < -0.39 is 17.6 Å². The highest BCUT2D eigenvalue weighted by molar-refractivity contribution is 9.11. The van der Waals surface area contributed by atoms with Gasteiger partial charge in [-0.2, -0.15) is 13.2 Å². The highest BCUT2D eigenvalue weighted by Crippen LogP contribution is 2.44. The zero-order chi connectivity index (χ0) is 21.5. The molecule has 11 heteroatoms. The number of benzene rings is 2. The maximum atomic E-state index is 13.0. The van der Waals surface area contributed by atoms with Crippen LogP contribution < -0.4 is 9.64 Å². The number of hydrogen-bond acceptors (Lipinski definition) is 5. The molecule has 1 aliphatic rings. The fourth-order valence-electron chi connectivity index (χ4n) is 2.56. The van der Waals surface area contributed by atoms with E-state index in [1.54, 1.807) is 6.07 Å². The number of hydrogen-bond donors (Lipinski definition) is 1. The van der Waals surface area contributed by atoms with E-state index in [2.05, 4.69) is 31.9 Å². The molecular weight excluding hydrogens is 559 g/mol. The summed E-state index contributed by atoms with van der Waals surface area (Å²) in [5.41, 5.74) is -0.560. The van der Waals surface area contributed by atoms with E-state index in [9.17, 15) is 23.1 Å². The second kappa shape index (κ2) is 8.29. The number of phenols is 1. The van der Waals surface area contributed by atoms with Crippen molar-refractivity contribution in [3.05, 3.63) is 55.3 Å². The van der Waals surface area contributed by atoms with Gasteiger partial charge in [0.05, 0.1) is 27.7 Å². The first-order valence-electron chi connectivity index (χ1n) is 7.74. The Balaban J connectivity index is 2.00. The zero-order valence-electron chi connectivity index (χ0n) is 14.4. The maximum absolute atomic E-state index is 13.0. The molecular formula is C18H10Br2F3NO3S2. The molecule has 0 radical (unpaired) electrons. The first-order chi connectivity index (χ1) is 13.5. The summed E-state index contributed by atoms with van der Waals surface area (Å²) in [7, 11) is 1.43. The lowest BCUT2D eigenvalue weighted by Gasteiger charge is -2.16. The standard InChI is InChI=1S/C18H10Br2F3NO3S2/c1-27-15-11(19)5-8(14(25)13(15)20)6-12-16(26)24(17(28)29-12)10-4-2-3-9(7-10)18(21,22)23/h2-7,25H,1H3/b12-6-. The molecule has 0 aliphatic carbocycles. The van der Waals surface area contributed by atoms with E-state index in [1.165, 1.54) is 25.3 Å². The number of amides is 1. The lowest BCUT2D eigenvalue weighted by atomic mass is 10.1. The molecule has 29 heavy (non-hydrogen) atoms. The zero-order valence-corrected chi connectivity index (χ0v) is 19.2. The lowest BCUT2D eigenvalue weighted by molar-refractivity contribution is -0.137. The van der Waals surface area contributed by atoms with Gasteiger partial charge in [-0.3, -0.25) is 9.69 Å². The highest BCUT2D eigenvalue weighted by Gasteiger charge is 2.36. The van der Waals surface area contributed by atoms with Gasteiger partial charge in [0, 0.05) is 5.56 Å². The minimum atomic E-state index is -4.54. The summed E-state index contributed by atoms with van der Waals surface area (Å²) in [5, 5.41) is 10.4. The fourth-order valence-corrected chi connectivity index (χ4v) is 5.33. The van der Waals surface area contributed by atoms with Crippen molar-refractivity contribution in [1.29, 1.82) is 0 Å². The SMILES string of the molecule is COc1c(Br)cc(/C=C2\SC(=S)N(c3cccc(C(F)(F)F)c3)C2=O)c(O)c1Br. The average Bonchev–Trinajstić information content (AvgIpc) is 2.92. The molecule has 2 aromatic rings. The number of anilines is 1. The quantitative estimate of drug-likeness (QED) is 0.345. The van der Waals surface area contributed by atoms with Gasteiger partial charge in [-0.15, -0.1) is 0 Å². The van der Waals surface area contributed by atoms with Gasteiger partial charge in [0.15, 0.2) is 10.1 Å². The van der Waals surface area contributed by atoms with Crippen LogP contribution in [0.1, 0.15) is 11.1 Å². The van der Waals surface area contributed by atoms with Crippen LogP contribution in [-0.2, 0) is 11.0 Å². The van der Waals surface area contributed by atoms with Crippen molar-refractivity contribution in [1.82, 2.24) is 0 Å². The smallest absolute Gasteiger partial charge is 0.416 e. The van der Waals surface area contributed by atoms with Gasteiger partial charge >= 0.3 is 6.18 Å². The van der Waals surface area contributed by atoms with Crippen LogP contribution in [0.25, 0.3) is 6.08 Å². The van der Waals surface area contributed by atoms with Crippen molar-refractivity contribution in [2.75, 3.05) is 12.0 Å². The van der Waals surface area contributed by atoms with Crippen molar-refractivity contribution >= 4 is 77.8 Å². The Morgan fingerprint density at radius 2 is 1.97 bits per heavy atom. The topological polar surface area (TPSA) is 49.8 Å². The van der Waals surface area contributed by atoms with Crippen LogP contribution in [-0.4, -0.2) is 22.4 Å². The molecule has 3 rings (SSSR count). The van der Waals surface area contributed by atoms with E-state index in [0.29, 0.717) is 15.8 Å². The van der Waals surface area contributed by atoms with Crippen molar-refractivity contribution in [2.45, 2.75) is 6.18 Å². The third kappa shape index (κ3) is 4.32. The first kappa shape index (κ1) is 22.1. The summed E-state index contributed by atoms with van der Waals surface area (Å²) >= 11 is 12.7. The van der Waals surface area contributed by atoms with Crippen LogP contribution in [0.5, 0.6) is 11.5 Å².